The lowest BCUT2D eigenvalue weighted by Gasteiger charge is -2.30. The first-order valence-corrected chi connectivity index (χ1v) is 12.2. The fourth-order valence-corrected chi connectivity index (χ4v) is 5.59. The second kappa shape index (κ2) is 10.4. The number of carbonyl (C=O) groups is 2. The maximum Gasteiger partial charge on any atom is 0.226 e. The molecule has 0 bridgehead atoms. The van der Waals surface area contributed by atoms with Gasteiger partial charge in [-0.15, -0.1) is 11.3 Å². The molecule has 1 amide bonds. The molecule has 6 heteroatoms. The quantitative estimate of drug-likeness (QED) is 0.488. The van der Waals surface area contributed by atoms with E-state index in [-0.39, 0.29) is 29.4 Å². The number of rotatable bonds is 9. The van der Waals surface area contributed by atoms with Gasteiger partial charge >= 0.3 is 0 Å². The van der Waals surface area contributed by atoms with E-state index in [1.54, 1.807) is 12.3 Å². The minimum atomic E-state index is -0.0974. The smallest absolute Gasteiger partial charge is 0.226 e. The Morgan fingerprint density at radius 1 is 1.37 bits per heavy atom. The molecule has 0 spiro atoms. The molecule has 1 unspecified atom stereocenters. The second-order valence-electron chi connectivity index (χ2n) is 8.51. The normalized spacial score (nSPS) is 21.2. The van der Waals surface area contributed by atoms with Crippen LogP contribution >= 0.6 is 11.3 Å². The molecule has 1 aliphatic carbocycles. The maximum atomic E-state index is 13.3. The van der Waals surface area contributed by atoms with Crippen LogP contribution in [-0.4, -0.2) is 33.2 Å². The predicted molar refractivity (Wildman–Crippen MR) is 121 cm³/mol. The molecule has 0 aromatic carbocycles. The third-order valence-electron chi connectivity index (χ3n) is 6.47. The SMILES string of the molecule is CCCCC(CC)[C@H](C)C(=O)N1CCC[C@H]1c1ncc(C(=O)C2=CCCC(O)=C2)s1. The van der Waals surface area contributed by atoms with E-state index >= 15 is 0 Å². The molecule has 2 aliphatic rings. The Kier molecular flexibility index (Phi) is 7.87. The van der Waals surface area contributed by atoms with E-state index in [2.05, 4.69) is 25.8 Å². The highest BCUT2D eigenvalue weighted by atomic mass is 32.1. The van der Waals surface area contributed by atoms with Crippen molar-refractivity contribution in [1.82, 2.24) is 9.88 Å². The lowest BCUT2D eigenvalue weighted by Crippen LogP contribution is -2.37. The van der Waals surface area contributed by atoms with Gasteiger partial charge in [0.2, 0.25) is 11.7 Å². The van der Waals surface area contributed by atoms with Crippen LogP contribution in [0.1, 0.15) is 92.9 Å². The lowest BCUT2D eigenvalue weighted by molar-refractivity contribution is -0.137. The fraction of sp³-hybridized carbons (Fsp3) is 0.625. The molecule has 1 aromatic rings. The highest BCUT2D eigenvalue weighted by molar-refractivity contribution is 7.14. The summed E-state index contributed by atoms with van der Waals surface area (Å²) in [7, 11) is 0. The summed E-state index contributed by atoms with van der Waals surface area (Å²) in [6, 6.07) is -0.0283. The van der Waals surface area contributed by atoms with Crippen LogP contribution in [0.15, 0.2) is 29.7 Å². The molecule has 5 nitrogen and oxygen atoms in total. The Hall–Kier alpha value is -1.95. The maximum absolute atomic E-state index is 13.3. The van der Waals surface area contributed by atoms with Gasteiger partial charge in [0.1, 0.15) is 5.01 Å². The summed E-state index contributed by atoms with van der Waals surface area (Å²) in [5.41, 5.74) is 0.531. The monoisotopic (exact) mass is 430 g/mol. The van der Waals surface area contributed by atoms with Crippen molar-refractivity contribution in [3.63, 3.8) is 0 Å². The Morgan fingerprint density at radius 3 is 2.87 bits per heavy atom. The van der Waals surface area contributed by atoms with Crippen molar-refractivity contribution in [2.45, 2.75) is 78.2 Å². The van der Waals surface area contributed by atoms with Gasteiger partial charge in [0.15, 0.2) is 0 Å². The number of allylic oxidation sites excluding steroid dienone is 4. The molecule has 164 valence electrons. The van der Waals surface area contributed by atoms with Crippen LogP contribution in [0.3, 0.4) is 0 Å². The molecule has 1 aliphatic heterocycles. The minimum absolute atomic E-state index is 0.0173. The summed E-state index contributed by atoms with van der Waals surface area (Å²) in [6.07, 6.45) is 12.6. The number of hydrogen-bond acceptors (Lipinski definition) is 5. The Balaban J connectivity index is 1.72. The van der Waals surface area contributed by atoms with Gasteiger partial charge in [0.05, 0.1) is 16.7 Å². The molecule has 1 N–H and O–H groups in total. The molecular weight excluding hydrogens is 396 g/mol. The van der Waals surface area contributed by atoms with E-state index in [0.29, 0.717) is 29.2 Å². The number of hydrogen-bond donors (Lipinski definition) is 1. The van der Waals surface area contributed by atoms with Crippen molar-refractivity contribution >= 4 is 23.0 Å². The van der Waals surface area contributed by atoms with E-state index in [1.165, 1.54) is 11.3 Å². The van der Waals surface area contributed by atoms with Gasteiger partial charge in [0.25, 0.3) is 0 Å². The summed E-state index contributed by atoms with van der Waals surface area (Å²) < 4.78 is 0. The molecule has 30 heavy (non-hydrogen) atoms. The minimum Gasteiger partial charge on any atom is -0.512 e. The zero-order valence-electron chi connectivity index (χ0n) is 18.4. The van der Waals surface area contributed by atoms with E-state index in [4.69, 9.17) is 0 Å². The van der Waals surface area contributed by atoms with Gasteiger partial charge < -0.3 is 10.0 Å². The molecule has 0 saturated carbocycles. The van der Waals surface area contributed by atoms with E-state index in [0.717, 1.165) is 50.1 Å². The summed E-state index contributed by atoms with van der Waals surface area (Å²) in [4.78, 5) is 33.2. The van der Waals surface area contributed by atoms with Gasteiger partial charge in [-0.25, -0.2) is 4.98 Å². The first kappa shape index (κ1) is 22.7. The number of aromatic nitrogens is 1. The Bertz CT molecular complexity index is 826. The van der Waals surface area contributed by atoms with Crippen molar-refractivity contribution in [2.24, 2.45) is 11.8 Å². The number of aliphatic hydroxyl groups is 1. The number of ketones is 1. The second-order valence-corrected chi connectivity index (χ2v) is 9.58. The Labute approximate surface area is 183 Å². The van der Waals surface area contributed by atoms with Crippen LogP contribution in [0, 0.1) is 11.8 Å². The van der Waals surface area contributed by atoms with Gasteiger partial charge in [-0.1, -0.05) is 46.1 Å². The van der Waals surface area contributed by atoms with Crippen LogP contribution in [0.25, 0.3) is 0 Å². The van der Waals surface area contributed by atoms with Crippen LogP contribution in [0.5, 0.6) is 0 Å². The standard InChI is InChI=1S/C24H34N2O3S/c1-4-6-9-17(5-2)16(3)24(29)26-13-8-12-20(26)23-25-15-21(30-23)22(28)18-10-7-11-19(27)14-18/h10,14-17,20,27H,4-9,11-13H2,1-3H3/t16-,17?,20-/m0/s1. The van der Waals surface area contributed by atoms with Crippen LogP contribution in [0.4, 0.5) is 0 Å². The summed E-state index contributed by atoms with van der Waals surface area (Å²) >= 11 is 1.39. The lowest BCUT2D eigenvalue weighted by atomic mass is 9.86. The van der Waals surface area contributed by atoms with Crippen molar-refractivity contribution in [1.29, 1.82) is 0 Å². The molecule has 3 rings (SSSR count). The first-order chi connectivity index (χ1) is 14.5. The average molecular weight is 431 g/mol. The number of aliphatic hydroxyl groups excluding tert-OH is 1. The van der Waals surface area contributed by atoms with E-state index in [1.807, 2.05) is 11.0 Å². The number of Topliss-reactive ketones (excluding diaryl/α,β-unsaturated/α-hetero) is 1. The largest absolute Gasteiger partial charge is 0.512 e. The number of likely N-dealkylation sites (tertiary alicyclic amines) is 1. The fourth-order valence-electron chi connectivity index (χ4n) is 4.56. The van der Waals surface area contributed by atoms with Gasteiger partial charge in [0, 0.05) is 30.7 Å². The molecule has 2 heterocycles. The average Bonchev–Trinajstić information content (AvgIpc) is 3.42. The summed E-state index contributed by atoms with van der Waals surface area (Å²) in [5, 5.41) is 10.6. The third-order valence-corrected chi connectivity index (χ3v) is 7.56. The van der Waals surface area contributed by atoms with E-state index < -0.39 is 0 Å². The number of unbranched alkanes of at least 4 members (excludes halogenated alkanes) is 1. The number of thiazole rings is 1. The van der Waals surface area contributed by atoms with Crippen molar-refractivity contribution in [2.75, 3.05) is 6.54 Å². The predicted octanol–water partition coefficient (Wildman–Crippen LogP) is 6.00. The van der Waals surface area contributed by atoms with Crippen molar-refractivity contribution < 1.29 is 14.7 Å². The molecule has 1 fully saturated rings. The first-order valence-electron chi connectivity index (χ1n) is 11.4. The number of carbonyl (C=O) groups excluding carboxylic acids is 2. The van der Waals surface area contributed by atoms with Gasteiger partial charge in [-0.2, -0.15) is 0 Å². The zero-order chi connectivity index (χ0) is 21.7. The number of nitrogens with zero attached hydrogens (tertiary/aromatic N) is 2. The van der Waals surface area contributed by atoms with Gasteiger partial charge in [-0.05, 0) is 37.7 Å². The van der Waals surface area contributed by atoms with Crippen LogP contribution in [0.2, 0.25) is 0 Å². The molecule has 0 radical (unpaired) electrons. The molecular formula is C24H34N2O3S. The Morgan fingerprint density at radius 2 is 2.17 bits per heavy atom. The van der Waals surface area contributed by atoms with Gasteiger partial charge in [-0.3, -0.25) is 9.59 Å². The third kappa shape index (κ3) is 5.02. The van der Waals surface area contributed by atoms with Crippen LogP contribution < -0.4 is 0 Å². The highest BCUT2D eigenvalue weighted by Crippen LogP contribution is 2.37. The topological polar surface area (TPSA) is 70.5 Å². The van der Waals surface area contributed by atoms with E-state index in [9.17, 15) is 14.7 Å². The van der Waals surface area contributed by atoms with Crippen LogP contribution in [-0.2, 0) is 4.79 Å². The summed E-state index contributed by atoms with van der Waals surface area (Å²) in [6.45, 7) is 7.21. The number of amides is 1. The van der Waals surface area contributed by atoms with Crippen molar-refractivity contribution in [3.8, 4) is 0 Å². The zero-order valence-corrected chi connectivity index (χ0v) is 19.2. The summed E-state index contributed by atoms with van der Waals surface area (Å²) in [5.74, 6) is 0.820. The molecule has 3 atom stereocenters. The molecule has 1 aromatic heterocycles. The molecule has 1 saturated heterocycles. The van der Waals surface area contributed by atoms with Crippen molar-refractivity contribution in [3.05, 3.63) is 39.6 Å². The highest BCUT2D eigenvalue weighted by Gasteiger charge is 2.36.